The summed E-state index contributed by atoms with van der Waals surface area (Å²) in [7, 11) is 0. The predicted octanol–water partition coefficient (Wildman–Crippen LogP) is 4.62. The van der Waals surface area contributed by atoms with Crippen molar-refractivity contribution in [1.29, 1.82) is 0 Å². The van der Waals surface area contributed by atoms with Gasteiger partial charge in [0.05, 0.1) is 22.3 Å². The second-order valence-electron chi connectivity index (χ2n) is 6.68. The molecule has 4 aromatic rings. The first kappa shape index (κ1) is 18.5. The second kappa shape index (κ2) is 8.44. The van der Waals surface area contributed by atoms with E-state index in [0.29, 0.717) is 22.8 Å². The Morgan fingerprint density at radius 3 is 2.64 bits per heavy atom. The smallest absolute Gasteiger partial charge is 0.262 e. The fourth-order valence-electron chi connectivity index (χ4n) is 3.16. The molecule has 0 bridgehead atoms. The van der Waals surface area contributed by atoms with Crippen LogP contribution in [-0.2, 0) is 18.7 Å². The summed E-state index contributed by atoms with van der Waals surface area (Å²) in [6, 6.07) is 19.7. The van der Waals surface area contributed by atoms with Gasteiger partial charge in [-0.05, 0) is 37.5 Å². The van der Waals surface area contributed by atoms with Crippen LogP contribution in [0.5, 0.6) is 0 Å². The number of thioether (sulfide) groups is 1. The summed E-state index contributed by atoms with van der Waals surface area (Å²) in [5, 5.41) is 5.29. The lowest BCUT2D eigenvalue weighted by Crippen LogP contribution is -2.23. The first-order chi connectivity index (χ1) is 13.7. The molecule has 5 nitrogen and oxygen atoms in total. The van der Waals surface area contributed by atoms with Gasteiger partial charge in [-0.1, -0.05) is 59.4 Å². The number of aryl methyl sites for hydroxylation is 2. The molecule has 2 aromatic carbocycles. The lowest BCUT2D eigenvalue weighted by Gasteiger charge is -2.12. The zero-order valence-corrected chi connectivity index (χ0v) is 16.5. The van der Waals surface area contributed by atoms with Crippen molar-refractivity contribution >= 4 is 22.7 Å². The van der Waals surface area contributed by atoms with Gasteiger partial charge in [-0.2, -0.15) is 0 Å². The van der Waals surface area contributed by atoms with Gasteiger partial charge in [0.15, 0.2) is 5.16 Å². The Labute approximate surface area is 167 Å². The van der Waals surface area contributed by atoms with Crippen LogP contribution in [0.15, 0.2) is 75.1 Å². The minimum atomic E-state index is 0.00918. The molecule has 0 radical (unpaired) electrons. The zero-order chi connectivity index (χ0) is 19.3. The van der Waals surface area contributed by atoms with Crippen LogP contribution in [-0.4, -0.2) is 14.7 Å². The third kappa shape index (κ3) is 4.17. The molecule has 0 spiro atoms. The largest absolute Gasteiger partial charge is 0.360 e. The Hall–Kier alpha value is -2.86. The van der Waals surface area contributed by atoms with E-state index >= 15 is 0 Å². The Bertz CT molecular complexity index is 1140. The van der Waals surface area contributed by atoms with E-state index < -0.39 is 0 Å². The minimum absolute atomic E-state index is 0.00918. The van der Waals surface area contributed by atoms with Gasteiger partial charge in [0, 0.05) is 12.6 Å². The number of hydrogen-bond donors (Lipinski definition) is 0. The minimum Gasteiger partial charge on any atom is -0.360 e. The van der Waals surface area contributed by atoms with E-state index in [-0.39, 0.29) is 5.56 Å². The van der Waals surface area contributed by atoms with E-state index in [2.05, 4.69) is 17.3 Å². The van der Waals surface area contributed by atoms with Crippen molar-refractivity contribution in [3.8, 4) is 0 Å². The van der Waals surface area contributed by atoms with E-state index in [1.165, 1.54) is 17.3 Å². The maximum atomic E-state index is 13.1. The number of benzene rings is 2. The molecule has 2 aromatic heterocycles. The molecule has 4 rings (SSSR count). The molecule has 0 amide bonds. The maximum absolute atomic E-state index is 13.1. The van der Waals surface area contributed by atoms with Gasteiger partial charge in [-0.15, -0.1) is 0 Å². The fraction of sp³-hybridized carbons (Fsp3) is 0.227. The summed E-state index contributed by atoms with van der Waals surface area (Å²) in [6.07, 6.45) is 1.80. The number of nitrogens with zero attached hydrogens (tertiary/aromatic N) is 3. The first-order valence-electron chi connectivity index (χ1n) is 9.29. The van der Waals surface area contributed by atoms with Crippen LogP contribution in [0, 0.1) is 6.92 Å². The number of aromatic nitrogens is 3. The molecule has 28 heavy (non-hydrogen) atoms. The number of hydrogen-bond acceptors (Lipinski definition) is 5. The molecule has 0 N–H and O–H groups in total. The SMILES string of the molecule is Cc1cc(CSc2nc3ccccc3c(=O)n2CCCc2ccccc2)on1. The molecule has 0 saturated carbocycles. The van der Waals surface area contributed by atoms with Gasteiger partial charge < -0.3 is 4.52 Å². The Morgan fingerprint density at radius 2 is 1.86 bits per heavy atom. The summed E-state index contributed by atoms with van der Waals surface area (Å²) in [5.41, 5.74) is 2.86. The number of rotatable bonds is 7. The lowest BCUT2D eigenvalue weighted by atomic mass is 10.1. The number of fused-ring (bicyclic) bond motifs is 1. The zero-order valence-electron chi connectivity index (χ0n) is 15.7. The lowest BCUT2D eigenvalue weighted by molar-refractivity contribution is 0.391. The van der Waals surface area contributed by atoms with E-state index in [9.17, 15) is 4.79 Å². The Balaban J connectivity index is 1.59. The topological polar surface area (TPSA) is 60.9 Å². The van der Waals surface area contributed by atoms with Crippen molar-refractivity contribution in [2.75, 3.05) is 0 Å². The van der Waals surface area contributed by atoms with Gasteiger partial charge in [-0.3, -0.25) is 9.36 Å². The van der Waals surface area contributed by atoms with Gasteiger partial charge >= 0.3 is 0 Å². The standard InChI is InChI=1S/C22H21N3O2S/c1-16-14-18(27-24-16)15-28-22-23-20-12-6-5-11-19(20)21(26)25(22)13-7-10-17-8-3-2-4-9-17/h2-6,8-9,11-12,14H,7,10,13,15H2,1H3. The average Bonchev–Trinajstić information content (AvgIpc) is 3.14. The predicted molar refractivity (Wildman–Crippen MR) is 112 cm³/mol. The third-order valence-corrected chi connectivity index (χ3v) is 5.54. The van der Waals surface area contributed by atoms with E-state index in [4.69, 9.17) is 9.51 Å². The van der Waals surface area contributed by atoms with Crippen molar-refractivity contribution in [3.63, 3.8) is 0 Å². The average molecular weight is 391 g/mol. The van der Waals surface area contributed by atoms with Crippen LogP contribution in [0.1, 0.15) is 23.4 Å². The van der Waals surface area contributed by atoms with Crippen LogP contribution < -0.4 is 5.56 Å². The summed E-state index contributed by atoms with van der Waals surface area (Å²) in [5.74, 6) is 1.37. The highest BCUT2D eigenvalue weighted by molar-refractivity contribution is 7.98. The fourth-order valence-corrected chi connectivity index (χ4v) is 4.06. The van der Waals surface area contributed by atoms with Gasteiger partial charge in [0.2, 0.25) is 0 Å². The maximum Gasteiger partial charge on any atom is 0.262 e. The highest BCUT2D eigenvalue weighted by atomic mass is 32.2. The Morgan fingerprint density at radius 1 is 1.07 bits per heavy atom. The van der Waals surface area contributed by atoms with Crippen molar-refractivity contribution in [2.45, 2.75) is 37.2 Å². The summed E-state index contributed by atoms with van der Waals surface area (Å²) < 4.78 is 7.09. The third-order valence-electron chi connectivity index (χ3n) is 4.54. The van der Waals surface area contributed by atoms with E-state index in [1.54, 1.807) is 4.57 Å². The van der Waals surface area contributed by atoms with Crippen LogP contribution in [0.25, 0.3) is 10.9 Å². The van der Waals surface area contributed by atoms with E-state index in [0.717, 1.165) is 29.8 Å². The molecule has 0 aliphatic heterocycles. The normalized spacial score (nSPS) is 11.2. The summed E-state index contributed by atoms with van der Waals surface area (Å²) >= 11 is 1.51. The molecular weight excluding hydrogens is 370 g/mol. The van der Waals surface area contributed by atoms with Gasteiger partial charge in [0.25, 0.3) is 5.56 Å². The molecular formula is C22H21N3O2S. The quantitative estimate of drug-likeness (QED) is 0.340. The number of para-hydroxylation sites is 1. The molecule has 0 aliphatic rings. The molecule has 0 saturated heterocycles. The summed E-state index contributed by atoms with van der Waals surface area (Å²) in [4.78, 5) is 17.8. The highest BCUT2D eigenvalue weighted by Gasteiger charge is 2.13. The van der Waals surface area contributed by atoms with Crippen LogP contribution in [0.3, 0.4) is 0 Å². The monoisotopic (exact) mass is 391 g/mol. The molecule has 0 unspecified atom stereocenters. The molecule has 0 aliphatic carbocycles. The Kier molecular flexibility index (Phi) is 5.58. The molecule has 142 valence electrons. The van der Waals surface area contributed by atoms with Crippen molar-refractivity contribution in [1.82, 2.24) is 14.7 Å². The van der Waals surface area contributed by atoms with Crippen LogP contribution in [0.4, 0.5) is 0 Å². The molecule has 0 fully saturated rings. The summed E-state index contributed by atoms with van der Waals surface area (Å²) in [6.45, 7) is 2.52. The van der Waals surface area contributed by atoms with E-state index in [1.807, 2.05) is 55.5 Å². The van der Waals surface area contributed by atoms with Crippen molar-refractivity contribution in [2.24, 2.45) is 0 Å². The highest BCUT2D eigenvalue weighted by Crippen LogP contribution is 2.23. The second-order valence-corrected chi connectivity index (χ2v) is 7.62. The van der Waals surface area contributed by atoms with Crippen LogP contribution >= 0.6 is 11.8 Å². The van der Waals surface area contributed by atoms with Crippen molar-refractivity contribution in [3.05, 3.63) is 88.0 Å². The molecule has 6 heteroatoms. The molecule has 0 atom stereocenters. The van der Waals surface area contributed by atoms with Gasteiger partial charge in [0.1, 0.15) is 5.76 Å². The van der Waals surface area contributed by atoms with Gasteiger partial charge in [-0.25, -0.2) is 4.98 Å². The first-order valence-corrected chi connectivity index (χ1v) is 10.3. The van der Waals surface area contributed by atoms with Crippen LogP contribution in [0.2, 0.25) is 0 Å². The molecule has 2 heterocycles. The van der Waals surface area contributed by atoms with Crippen molar-refractivity contribution < 1.29 is 4.52 Å².